The highest BCUT2D eigenvalue weighted by molar-refractivity contribution is 6.04. The third-order valence-electron chi connectivity index (χ3n) is 3.48. The Morgan fingerprint density at radius 2 is 1.65 bits per heavy atom. The van der Waals surface area contributed by atoms with Gasteiger partial charge in [0.2, 0.25) is 0 Å². The average Bonchev–Trinajstić information content (AvgIpc) is 2.63. The fourth-order valence-electron chi connectivity index (χ4n) is 2.48. The minimum absolute atomic E-state index is 0.320. The molecule has 0 aliphatic carbocycles. The summed E-state index contributed by atoms with van der Waals surface area (Å²) < 4.78 is 4.96. The number of hydrogen-bond donors (Lipinski definition) is 0. The predicted octanol–water partition coefficient (Wildman–Crippen LogP) is 4.64. The first-order valence-corrected chi connectivity index (χ1v) is 7.78. The molecule has 0 fully saturated rings. The standard InChI is InChI=1S/C18H15NO2.C2H6/c1-21-18(20)17-14(11-13-7-3-2-4-8-13)12-19-16-10-6-5-9-15(16)17;1-2/h2-10,12H,11H2,1H3;1-2H3. The van der Waals surface area contributed by atoms with E-state index in [2.05, 4.69) is 4.98 Å². The van der Waals surface area contributed by atoms with Gasteiger partial charge in [-0.2, -0.15) is 0 Å². The molecule has 118 valence electrons. The highest BCUT2D eigenvalue weighted by Gasteiger charge is 2.16. The number of para-hydroxylation sites is 1. The van der Waals surface area contributed by atoms with Gasteiger partial charge >= 0.3 is 5.97 Å². The van der Waals surface area contributed by atoms with Gasteiger partial charge in [-0.15, -0.1) is 0 Å². The topological polar surface area (TPSA) is 39.2 Å². The van der Waals surface area contributed by atoms with Crippen LogP contribution >= 0.6 is 0 Å². The van der Waals surface area contributed by atoms with Crippen LogP contribution in [0.5, 0.6) is 0 Å². The summed E-state index contributed by atoms with van der Waals surface area (Å²) >= 11 is 0. The Hall–Kier alpha value is -2.68. The number of carbonyl (C=O) groups is 1. The Morgan fingerprint density at radius 1 is 1.00 bits per heavy atom. The SMILES string of the molecule is CC.COC(=O)c1c(Cc2ccccc2)cnc2ccccc12. The Morgan fingerprint density at radius 3 is 2.35 bits per heavy atom. The van der Waals surface area contributed by atoms with Gasteiger partial charge in [0.05, 0.1) is 18.2 Å². The summed E-state index contributed by atoms with van der Waals surface area (Å²) in [6.07, 6.45) is 2.42. The number of aromatic nitrogens is 1. The molecule has 0 bridgehead atoms. The molecule has 0 aliphatic heterocycles. The van der Waals surface area contributed by atoms with E-state index in [4.69, 9.17) is 4.74 Å². The zero-order valence-corrected chi connectivity index (χ0v) is 13.7. The lowest BCUT2D eigenvalue weighted by Gasteiger charge is -2.11. The van der Waals surface area contributed by atoms with Crippen LogP contribution in [0, 0.1) is 0 Å². The molecule has 0 spiro atoms. The summed E-state index contributed by atoms with van der Waals surface area (Å²) in [6.45, 7) is 4.00. The molecule has 1 heterocycles. The van der Waals surface area contributed by atoms with Crippen LogP contribution in [0.2, 0.25) is 0 Å². The lowest BCUT2D eigenvalue weighted by atomic mass is 9.98. The lowest BCUT2D eigenvalue weighted by Crippen LogP contribution is -2.08. The van der Waals surface area contributed by atoms with Crippen LogP contribution in [-0.4, -0.2) is 18.1 Å². The number of methoxy groups -OCH3 is 1. The van der Waals surface area contributed by atoms with E-state index in [0.717, 1.165) is 22.0 Å². The molecule has 0 aliphatic rings. The maximum atomic E-state index is 12.2. The van der Waals surface area contributed by atoms with Gasteiger partial charge < -0.3 is 4.74 Å². The molecule has 0 amide bonds. The first-order chi connectivity index (χ1) is 11.3. The Labute approximate surface area is 136 Å². The number of pyridine rings is 1. The molecule has 1 aromatic heterocycles. The molecule has 0 unspecified atom stereocenters. The normalized spacial score (nSPS) is 9.87. The fraction of sp³-hybridized carbons (Fsp3) is 0.200. The van der Waals surface area contributed by atoms with Crippen molar-refractivity contribution in [3.8, 4) is 0 Å². The Balaban J connectivity index is 0.000000924. The molecule has 2 aromatic carbocycles. The van der Waals surface area contributed by atoms with Gasteiger partial charge in [-0.05, 0) is 23.6 Å². The highest BCUT2D eigenvalue weighted by Crippen LogP contribution is 2.23. The summed E-state index contributed by atoms with van der Waals surface area (Å²) in [5.74, 6) is -0.320. The van der Waals surface area contributed by atoms with Crippen LogP contribution in [0.4, 0.5) is 0 Å². The number of rotatable bonds is 3. The Bertz CT molecular complexity index is 782. The molecule has 3 rings (SSSR count). The second kappa shape index (κ2) is 8.08. The first-order valence-electron chi connectivity index (χ1n) is 7.78. The summed E-state index contributed by atoms with van der Waals surface area (Å²) in [5, 5.41) is 0.831. The second-order valence-corrected chi connectivity index (χ2v) is 4.83. The van der Waals surface area contributed by atoms with Crippen LogP contribution in [-0.2, 0) is 11.2 Å². The van der Waals surface area contributed by atoms with Gasteiger partial charge in [-0.3, -0.25) is 4.98 Å². The van der Waals surface area contributed by atoms with Crippen molar-refractivity contribution in [3.05, 3.63) is 77.5 Å². The molecular formula is C20H21NO2. The van der Waals surface area contributed by atoms with E-state index in [9.17, 15) is 4.79 Å². The van der Waals surface area contributed by atoms with Gasteiger partial charge in [-0.25, -0.2) is 4.79 Å². The Kier molecular flexibility index (Phi) is 5.87. The van der Waals surface area contributed by atoms with Crippen molar-refractivity contribution in [2.75, 3.05) is 7.11 Å². The quantitative estimate of drug-likeness (QED) is 0.662. The molecule has 3 aromatic rings. The van der Waals surface area contributed by atoms with Crippen LogP contribution in [0.15, 0.2) is 60.8 Å². The molecule has 0 radical (unpaired) electrons. The third kappa shape index (κ3) is 3.75. The van der Waals surface area contributed by atoms with Crippen molar-refractivity contribution in [1.82, 2.24) is 4.98 Å². The van der Waals surface area contributed by atoms with E-state index >= 15 is 0 Å². The van der Waals surface area contributed by atoms with Crippen molar-refractivity contribution < 1.29 is 9.53 Å². The fourth-order valence-corrected chi connectivity index (χ4v) is 2.48. The maximum absolute atomic E-state index is 12.2. The number of ether oxygens (including phenoxy) is 1. The van der Waals surface area contributed by atoms with E-state index in [1.807, 2.05) is 68.4 Å². The van der Waals surface area contributed by atoms with E-state index in [-0.39, 0.29) is 5.97 Å². The van der Waals surface area contributed by atoms with Crippen molar-refractivity contribution in [3.63, 3.8) is 0 Å². The first kappa shape index (κ1) is 16.7. The molecule has 3 nitrogen and oxygen atoms in total. The van der Waals surface area contributed by atoms with Gasteiger partial charge in [0, 0.05) is 11.6 Å². The minimum Gasteiger partial charge on any atom is -0.465 e. The van der Waals surface area contributed by atoms with Crippen molar-refractivity contribution in [1.29, 1.82) is 0 Å². The third-order valence-corrected chi connectivity index (χ3v) is 3.48. The molecule has 0 N–H and O–H groups in total. The largest absolute Gasteiger partial charge is 0.465 e. The number of hydrogen-bond acceptors (Lipinski definition) is 3. The van der Waals surface area contributed by atoms with Crippen molar-refractivity contribution in [2.24, 2.45) is 0 Å². The van der Waals surface area contributed by atoms with Gasteiger partial charge in [-0.1, -0.05) is 62.4 Å². The predicted molar refractivity (Wildman–Crippen MR) is 93.7 cm³/mol. The van der Waals surface area contributed by atoms with E-state index in [1.165, 1.54) is 7.11 Å². The zero-order chi connectivity index (χ0) is 16.7. The number of carbonyl (C=O) groups excluding carboxylic acids is 1. The molecule has 23 heavy (non-hydrogen) atoms. The monoisotopic (exact) mass is 307 g/mol. The molecule has 0 atom stereocenters. The van der Waals surface area contributed by atoms with Crippen LogP contribution in [0.1, 0.15) is 35.3 Å². The summed E-state index contributed by atoms with van der Waals surface area (Å²) in [7, 11) is 1.41. The van der Waals surface area contributed by atoms with Crippen LogP contribution < -0.4 is 0 Å². The molecule has 0 saturated heterocycles. The average molecular weight is 307 g/mol. The number of benzene rings is 2. The van der Waals surface area contributed by atoms with Crippen molar-refractivity contribution >= 4 is 16.9 Å². The van der Waals surface area contributed by atoms with Gasteiger partial charge in [0.1, 0.15) is 0 Å². The maximum Gasteiger partial charge on any atom is 0.338 e. The second-order valence-electron chi connectivity index (χ2n) is 4.83. The zero-order valence-electron chi connectivity index (χ0n) is 13.7. The molecule has 0 saturated carbocycles. The van der Waals surface area contributed by atoms with Crippen LogP contribution in [0.25, 0.3) is 10.9 Å². The smallest absolute Gasteiger partial charge is 0.338 e. The van der Waals surface area contributed by atoms with Gasteiger partial charge in [0.15, 0.2) is 0 Å². The number of esters is 1. The van der Waals surface area contributed by atoms with Gasteiger partial charge in [0.25, 0.3) is 0 Å². The van der Waals surface area contributed by atoms with E-state index in [0.29, 0.717) is 12.0 Å². The van der Waals surface area contributed by atoms with Crippen LogP contribution in [0.3, 0.4) is 0 Å². The number of nitrogens with zero attached hydrogens (tertiary/aromatic N) is 1. The van der Waals surface area contributed by atoms with Crippen molar-refractivity contribution in [2.45, 2.75) is 20.3 Å². The summed E-state index contributed by atoms with van der Waals surface area (Å²) in [4.78, 5) is 16.6. The summed E-state index contributed by atoms with van der Waals surface area (Å²) in [6, 6.07) is 17.6. The van der Waals surface area contributed by atoms with E-state index < -0.39 is 0 Å². The molecular weight excluding hydrogens is 286 g/mol. The number of fused-ring (bicyclic) bond motifs is 1. The lowest BCUT2D eigenvalue weighted by molar-refractivity contribution is 0.0602. The minimum atomic E-state index is -0.320. The highest BCUT2D eigenvalue weighted by atomic mass is 16.5. The van der Waals surface area contributed by atoms with E-state index in [1.54, 1.807) is 6.20 Å². The summed E-state index contributed by atoms with van der Waals surface area (Å²) in [5.41, 5.74) is 3.42. The molecule has 3 heteroatoms.